The second-order valence-electron chi connectivity index (χ2n) is 8.15. The number of rotatable bonds is 9. The summed E-state index contributed by atoms with van der Waals surface area (Å²) in [6.45, 7) is 2.25. The molecule has 11 nitrogen and oxygen atoms in total. The van der Waals surface area contributed by atoms with Crippen molar-refractivity contribution in [1.29, 1.82) is 0 Å². The number of para-hydroxylation sites is 1. The normalized spacial score (nSPS) is 14.8. The zero-order chi connectivity index (χ0) is 24.6. The number of benzene rings is 2. The Bertz CT molecular complexity index is 1190. The molecule has 3 aromatic rings. The number of nitro groups is 1. The van der Waals surface area contributed by atoms with Crippen LogP contribution in [0, 0.1) is 10.1 Å². The van der Waals surface area contributed by atoms with E-state index in [0.717, 1.165) is 37.1 Å². The van der Waals surface area contributed by atoms with E-state index in [0.29, 0.717) is 24.0 Å². The highest BCUT2D eigenvalue weighted by molar-refractivity contribution is 5.90. The number of nitrogens with one attached hydrogen (secondary N) is 1. The van der Waals surface area contributed by atoms with E-state index in [1.807, 2.05) is 6.07 Å². The van der Waals surface area contributed by atoms with Crippen LogP contribution in [0.3, 0.4) is 0 Å². The van der Waals surface area contributed by atoms with Gasteiger partial charge in [-0.15, -0.1) is 0 Å². The highest BCUT2D eigenvalue weighted by Crippen LogP contribution is 2.28. The van der Waals surface area contributed by atoms with Crippen LogP contribution in [-0.4, -0.2) is 44.2 Å². The van der Waals surface area contributed by atoms with E-state index in [2.05, 4.69) is 15.0 Å². The molecule has 1 aromatic heterocycles. The van der Waals surface area contributed by atoms with E-state index in [9.17, 15) is 14.9 Å². The zero-order valence-corrected chi connectivity index (χ0v) is 18.9. The van der Waals surface area contributed by atoms with Gasteiger partial charge in [0.05, 0.1) is 4.92 Å². The molecule has 0 bridgehead atoms. The summed E-state index contributed by atoms with van der Waals surface area (Å²) in [5.74, 6) is 1.19. The number of nitrogens with zero attached hydrogens (tertiary/aromatic N) is 4. The molecule has 2 N–H and O–H groups in total. The lowest BCUT2D eigenvalue weighted by Gasteiger charge is -2.30. The third-order valence-corrected chi connectivity index (χ3v) is 5.80. The largest absolute Gasteiger partial charge is 0.484 e. The molecular formula is C24H25N5O6. The molecule has 1 amide bonds. The van der Waals surface area contributed by atoms with Crippen molar-refractivity contribution in [3.05, 3.63) is 87.6 Å². The summed E-state index contributed by atoms with van der Waals surface area (Å²) < 4.78 is 11.1. The van der Waals surface area contributed by atoms with Crippen molar-refractivity contribution in [1.82, 2.24) is 20.5 Å². The van der Waals surface area contributed by atoms with Crippen LogP contribution in [-0.2, 0) is 17.9 Å². The van der Waals surface area contributed by atoms with E-state index < -0.39 is 5.91 Å². The molecule has 1 fully saturated rings. The van der Waals surface area contributed by atoms with Crippen LogP contribution in [0.1, 0.15) is 41.6 Å². The zero-order valence-electron chi connectivity index (χ0n) is 18.9. The predicted octanol–water partition coefficient (Wildman–Crippen LogP) is 3.46. The molecule has 0 aliphatic carbocycles. The quantitative estimate of drug-likeness (QED) is 0.204. The van der Waals surface area contributed by atoms with Gasteiger partial charge in [0.15, 0.2) is 12.4 Å². The fraction of sp³-hybridized carbons (Fsp3) is 0.292. The summed E-state index contributed by atoms with van der Waals surface area (Å²) in [4.78, 5) is 28.6. The lowest BCUT2D eigenvalue weighted by atomic mass is 9.95. The van der Waals surface area contributed by atoms with Gasteiger partial charge in [-0.3, -0.25) is 25.0 Å². The Kier molecular flexibility index (Phi) is 7.81. The minimum atomic E-state index is -0.608. The number of amides is 1. The Labute approximate surface area is 201 Å². The topological polar surface area (TPSA) is 144 Å². The number of carbonyl (C=O) groups excluding carboxylic acids is 1. The number of piperidine rings is 1. The molecule has 11 heteroatoms. The number of carbonyl (C=O) groups is 1. The maximum Gasteiger partial charge on any atom is 0.273 e. The van der Waals surface area contributed by atoms with E-state index in [1.54, 1.807) is 42.5 Å². The molecular weight excluding hydrogens is 454 g/mol. The molecule has 4 rings (SSSR count). The van der Waals surface area contributed by atoms with Crippen LogP contribution in [0.15, 0.2) is 59.1 Å². The lowest BCUT2D eigenvalue weighted by molar-refractivity contribution is -0.385. The second kappa shape index (κ2) is 11.4. The van der Waals surface area contributed by atoms with E-state index in [1.165, 1.54) is 17.6 Å². The average molecular weight is 479 g/mol. The standard InChI is InChI=1S/C24H25N5O6/c30-22(26-31)10-7-17-5-8-20(9-6-17)34-16-23-25-24(27-35-23)18-11-13-28(14-12-18)15-19-3-1-2-4-21(19)29(32)33/h1-10,18,31H,11-16H2,(H,26,30)/b10-7+. The SMILES string of the molecule is O=C(/C=C/c1ccc(OCc2nc(C3CCN(Cc4ccccc4[N+](=O)[O-])CC3)no2)cc1)NO. The highest BCUT2D eigenvalue weighted by Gasteiger charge is 2.26. The monoisotopic (exact) mass is 479 g/mol. The van der Waals surface area contributed by atoms with Crippen molar-refractivity contribution < 1.29 is 24.2 Å². The number of aromatic nitrogens is 2. The molecule has 1 saturated heterocycles. The van der Waals surface area contributed by atoms with Crippen LogP contribution < -0.4 is 10.2 Å². The molecule has 35 heavy (non-hydrogen) atoms. The van der Waals surface area contributed by atoms with E-state index in [-0.39, 0.29) is 23.1 Å². The van der Waals surface area contributed by atoms with Gasteiger partial charge in [0, 0.05) is 30.2 Å². The lowest BCUT2D eigenvalue weighted by Crippen LogP contribution is -2.33. The fourth-order valence-corrected chi connectivity index (χ4v) is 3.93. The van der Waals surface area contributed by atoms with Gasteiger partial charge in [-0.2, -0.15) is 4.98 Å². The first-order chi connectivity index (χ1) is 17.0. The van der Waals surface area contributed by atoms with Gasteiger partial charge in [-0.05, 0) is 49.7 Å². The predicted molar refractivity (Wildman–Crippen MR) is 124 cm³/mol. The summed E-state index contributed by atoms with van der Waals surface area (Å²) in [5, 5.41) is 23.9. The number of hydroxylamine groups is 1. The Hall–Kier alpha value is -4.09. The fourth-order valence-electron chi connectivity index (χ4n) is 3.93. The molecule has 0 atom stereocenters. The minimum absolute atomic E-state index is 0.131. The van der Waals surface area contributed by atoms with Crippen LogP contribution in [0.5, 0.6) is 5.75 Å². The molecule has 0 spiro atoms. The second-order valence-corrected chi connectivity index (χ2v) is 8.15. The number of hydrogen-bond donors (Lipinski definition) is 2. The molecule has 0 radical (unpaired) electrons. The third kappa shape index (κ3) is 6.49. The number of nitro benzene ring substituents is 1. The van der Waals surface area contributed by atoms with E-state index >= 15 is 0 Å². The number of ether oxygens (including phenoxy) is 1. The summed E-state index contributed by atoms with van der Waals surface area (Å²) in [5.41, 5.74) is 3.17. The van der Waals surface area contributed by atoms with Crippen LogP contribution in [0.25, 0.3) is 6.08 Å². The maximum absolute atomic E-state index is 11.2. The van der Waals surface area contributed by atoms with Gasteiger partial charge in [-0.25, -0.2) is 5.48 Å². The van der Waals surface area contributed by atoms with Gasteiger partial charge in [0.2, 0.25) is 0 Å². The van der Waals surface area contributed by atoms with Gasteiger partial charge >= 0.3 is 0 Å². The van der Waals surface area contributed by atoms with E-state index in [4.69, 9.17) is 14.5 Å². The highest BCUT2D eigenvalue weighted by atomic mass is 16.6. The van der Waals surface area contributed by atoms with Gasteiger partial charge in [0.25, 0.3) is 17.5 Å². The molecule has 0 saturated carbocycles. The first-order valence-electron chi connectivity index (χ1n) is 11.1. The van der Waals surface area contributed by atoms with Crippen molar-refractivity contribution >= 4 is 17.7 Å². The Balaban J connectivity index is 1.26. The van der Waals surface area contributed by atoms with Gasteiger partial charge in [0.1, 0.15) is 5.75 Å². The molecule has 1 aliphatic heterocycles. The summed E-state index contributed by atoms with van der Waals surface area (Å²) in [7, 11) is 0. The Morgan fingerprint density at radius 3 is 2.69 bits per heavy atom. The van der Waals surface area contributed by atoms with Crippen LogP contribution in [0.4, 0.5) is 5.69 Å². The van der Waals surface area contributed by atoms with Crippen molar-refractivity contribution in [2.24, 2.45) is 0 Å². The molecule has 2 aromatic carbocycles. The number of hydrogen-bond acceptors (Lipinski definition) is 9. The smallest absolute Gasteiger partial charge is 0.273 e. The van der Waals surface area contributed by atoms with Gasteiger partial charge < -0.3 is 9.26 Å². The van der Waals surface area contributed by atoms with Crippen molar-refractivity contribution in [3.63, 3.8) is 0 Å². The number of likely N-dealkylation sites (tertiary alicyclic amines) is 1. The Morgan fingerprint density at radius 2 is 1.97 bits per heavy atom. The average Bonchev–Trinajstić information content (AvgIpc) is 3.36. The molecule has 2 heterocycles. The molecule has 0 unspecified atom stereocenters. The molecule has 1 aliphatic rings. The third-order valence-electron chi connectivity index (χ3n) is 5.80. The maximum atomic E-state index is 11.2. The van der Waals surface area contributed by atoms with Crippen molar-refractivity contribution in [2.45, 2.75) is 31.9 Å². The minimum Gasteiger partial charge on any atom is -0.484 e. The van der Waals surface area contributed by atoms with Crippen LogP contribution >= 0.6 is 0 Å². The Morgan fingerprint density at radius 1 is 1.23 bits per heavy atom. The van der Waals surface area contributed by atoms with Gasteiger partial charge in [-0.1, -0.05) is 35.5 Å². The van der Waals surface area contributed by atoms with Crippen molar-refractivity contribution in [2.75, 3.05) is 13.1 Å². The first-order valence-corrected chi connectivity index (χ1v) is 11.1. The van der Waals surface area contributed by atoms with Crippen LogP contribution in [0.2, 0.25) is 0 Å². The molecule has 182 valence electrons. The first kappa shape index (κ1) is 24.0. The summed E-state index contributed by atoms with van der Waals surface area (Å²) >= 11 is 0. The summed E-state index contributed by atoms with van der Waals surface area (Å²) in [6.07, 6.45) is 4.45. The summed E-state index contributed by atoms with van der Waals surface area (Å²) in [6, 6.07) is 13.9. The van der Waals surface area contributed by atoms with Crippen molar-refractivity contribution in [3.8, 4) is 5.75 Å².